The van der Waals surface area contributed by atoms with Gasteiger partial charge in [0.2, 0.25) is 10.0 Å². The van der Waals surface area contributed by atoms with E-state index in [0.717, 1.165) is 10.8 Å². The van der Waals surface area contributed by atoms with Gasteiger partial charge in [0.1, 0.15) is 6.04 Å². The van der Waals surface area contributed by atoms with E-state index in [1.807, 2.05) is 18.2 Å². The maximum absolute atomic E-state index is 12.0. The molecule has 0 saturated carbocycles. The highest BCUT2D eigenvalue weighted by Crippen LogP contribution is 2.18. The summed E-state index contributed by atoms with van der Waals surface area (Å²) in [6, 6.07) is 10.8. The van der Waals surface area contributed by atoms with Gasteiger partial charge in [0, 0.05) is 0 Å². The number of rotatable bonds is 4. The molecule has 0 aliphatic carbocycles. The monoisotopic (exact) mass is 279 g/mol. The van der Waals surface area contributed by atoms with E-state index in [2.05, 4.69) is 4.72 Å². The van der Waals surface area contributed by atoms with Gasteiger partial charge in [-0.1, -0.05) is 30.3 Å². The van der Waals surface area contributed by atoms with E-state index in [1.165, 1.54) is 19.1 Å². The minimum absolute atomic E-state index is 0.0549. The van der Waals surface area contributed by atoms with Crippen LogP contribution in [0.25, 0.3) is 10.8 Å². The Bertz CT molecular complexity index is 724. The quantitative estimate of drug-likeness (QED) is 0.890. The van der Waals surface area contributed by atoms with Gasteiger partial charge in [0.25, 0.3) is 0 Å². The average Bonchev–Trinajstić information content (AvgIpc) is 2.37. The average molecular weight is 279 g/mol. The largest absolute Gasteiger partial charge is 0.480 e. The van der Waals surface area contributed by atoms with Crippen molar-refractivity contribution in [3.05, 3.63) is 42.5 Å². The molecule has 0 saturated heterocycles. The van der Waals surface area contributed by atoms with Gasteiger partial charge in [-0.15, -0.1) is 0 Å². The molecule has 19 heavy (non-hydrogen) atoms. The topological polar surface area (TPSA) is 83.5 Å². The van der Waals surface area contributed by atoms with E-state index in [0.29, 0.717) is 0 Å². The summed E-state index contributed by atoms with van der Waals surface area (Å²) in [5.74, 6) is -1.22. The summed E-state index contributed by atoms with van der Waals surface area (Å²) in [4.78, 5) is 10.7. The van der Waals surface area contributed by atoms with E-state index in [-0.39, 0.29) is 4.90 Å². The van der Waals surface area contributed by atoms with Crippen molar-refractivity contribution in [1.29, 1.82) is 0 Å². The lowest BCUT2D eigenvalue weighted by Crippen LogP contribution is -2.38. The number of carboxylic acids is 1. The van der Waals surface area contributed by atoms with Crippen LogP contribution in [0.15, 0.2) is 47.4 Å². The van der Waals surface area contributed by atoms with E-state index < -0.39 is 22.0 Å². The number of fused-ring (bicyclic) bond motifs is 1. The Kier molecular flexibility index (Phi) is 3.55. The Labute approximate surface area is 110 Å². The first-order chi connectivity index (χ1) is 8.90. The van der Waals surface area contributed by atoms with Crippen LogP contribution in [0.2, 0.25) is 0 Å². The van der Waals surface area contributed by atoms with Gasteiger partial charge in [-0.2, -0.15) is 4.72 Å². The lowest BCUT2D eigenvalue weighted by Gasteiger charge is -2.10. The third kappa shape index (κ3) is 2.91. The van der Waals surface area contributed by atoms with E-state index >= 15 is 0 Å². The van der Waals surface area contributed by atoms with Gasteiger partial charge < -0.3 is 5.11 Å². The molecule has 100 valence electrons. The minimum atomic E-state index is -3.83. The summed E-state index contributed by atoms with van der Waals surface area (Å²) in [6.45, 7) is 1.28. The molecule has 0 bridgehead atoms. The normalized spacial score (nSPS) is 13.3. The molecular formula is C13H13NO4S. The van der Waals surface area contributed by atoms with Gasteiger partial charge in [-0.3, -0.25) is 4.79 Å². The summed E-state index contributed by atoms with van der Waals surface area (Å²) < 4.78 is 26.1. The zero-order valence-electron chi connectivity index (χ0n) is 10.2. The number of carbonyl (C=O) groups is 1. The highest BCUT2D eigenvalue weighted by atomic mass is 32.2. The predicted molar refractivity (Wildman–Crippen MR) is 71.4 cm³/mol. The summed E-state index contributed by atoms with van der Waals surface area (Å²) in [5.41, 5.74) is 0. The molecule has 0 radical (unpaired) electrons. The van der Waals surface area contributed by atoms with Crippen LogP contribution in [0.1, 0.15) is 6.92 Å². The standard InChI is InChI=1S/C13H13NO4S/c1-9(13(15)16)14-19(17,18)12-7-6-10-4-2-3-5-11(10)8-12/h2-9,14H,1H3,(H,15,16). The fourth-order valence-electron chi connectivity index (χ4n) is 1.69. The van der Waals surface area contributed by atoms with Crippen LogP contribution in [0.3, 0.4) is 0 Å². The van der Waals surface area contributed by atoms with Gasteiger partial charge in [0.15, 0.2) is 0 Å². The lowest BCUT2D eigenvalue weighted by molar-refractivity contribution is -0.138. The highest BCUT2D eigenvalue weighted by molar-refractivity contribution is 7.89. The van der Waals surface area contributed by atoms with Crippen molar-refractivity contribution in [3.63, 3.8) is 0 Å². The predicted octanol–water partition coefficient (Wildman–Crippen LogP) is 1.59. The zero-order chi connectivity index (χ0) is 14.0. The number of hydrogen-bond acceptors (Lipinski definition) is 3. The number of hydrogen-bond donors (Lipinski definition) is 2. The molecule has 2 rings (SSSR count). The van der Waals surface area contributed by atoms with Crippen molar-refractivity contribution in [2.45, 2.75) is 17.9 Å². The molecule has 1 atom stereocenters. The van der Waals surface area contributed by atoms with Gasteiger partial charge in [0.05, 0.1) is 4.90 Å². The van der Waals surface area contributed by atoms with E-state index in [4.69, 9.17) is 5.11 Å². The van der Waals surface area contributed by atoms with Crippen molar-refractivity contribution in [3.8, 4) is 0 Å². The van der Waals surface area contributed by atoms with Gasteiger partial charge >= 0.3 is 5.97 Å². The van der Waals surface area contributed by atoms with Crippen LogP contribution >= 0.6 is 0 Å². The molecule has 0 aliphatic rings. The van der Waals surface area contributed by atoms with Crippen molar-refractivity contribution in [1.82, 2.24) is 4.72 Å². The van der Waals surface area contributed by atoms with Crippen molar-refractivity contribution >= 4 is 26.8 Å². The summed E-state index contributed by atoms with van der Waals surface area (Å²) in [5, 5.41) is 10.4. The molecule has 0 aliphatic heterocycles. The molecule has 5 nitrogen and oxygen atoms in total. The molecule has 0 fully saturated rings. The third-order valence-corrected chi connectivity index (χ3v) is 4.27. The van der Waals surface area contributed by atoms with Crippen LogP contribution < -0.4 is 4.72 Å². The first kappa shape index (κ1) is 13.5. The second-order valence-electron chi connectivity index (χ2n) is 4.19. The van der Waals surface area contributed by atoms with Crippen molar-refractivity contribution in [2.75, 3.05) is 0 Å². The minimum Gasteiger partial charge on any atom is -0.480 e. The Hall–Kier alpha value is -1.92. The van der Waals surface area contributed by atoms with Crippen LogP contribution in [-0.2, 0) is 14.8 Å². The fourth-order valence-corrected chi connectivity index (χ4v) is 2.92. The Balaban J connectivity index is 2.40. The Morgan fingerprint density at radius 1 is 1.16 bits per heavy atom. The number of nitrogens with one attached hydrogen (secondary N) is 1. The molecule has 2 aromatic carbocycles. The second-order valence-corrected chi connectivity index (χ2v) is 5.90. The van der Waals surface area contributed by atoms with Crippen LogP contribution in [0, 0.1) is 0 Å². The van der Waals surface area contributed by atoms with Crippen LogP contribution in [0.5, 0.6) is 0 Å². The fraction of sp³-hybridized carbons (Fsp3) is 0.154. The molecule has 1 unspecified atom stereocenters. The van der Waals surface area contributed by atoms with Crippen molar-refractivity contribution < 1.29 is 18.3 Å². The maximum Gasteiger partial charge on any atom is 0.321 e. The summed E-state index contributed by atoms with van der Waals surface area (Å²) in [6.07, 6.45) is 0. The number of benzene rings is 2. The summed E-state index contributed by atoms with van der Waals surface area (Å²) >= 11 is 0. The smallest absolute Gasteiger partial charge is 0.321 e. The molecule has 0 heterocycles. The Morgan fingerprint density at radius 3 is 2.42 bits per heavy atom. The highest BCUT2D eigenvalue weighted by Gasteiger charge is 2.21. The Morgan fingerprint density at radius 2 is 1.79 bits per heavy atom. The van der Waals surface area contributed by atoms with Crippen molar-refractivity contribution in [2.24, 2.45) is 0 Å². The molecule has 6 heteroatoms. The van der Waals surface area contributed by atoms with Crippen LogP contribution in [0.4, 0.5) is 0 Å². The molecule has 0 aromatic heterocycles. The number of carboxylic acid groups (broad SMARTS) is 1. The van der Waals surface area contributed by atoms with E-state index in [1.54, 1.807) is 12.1 Å². The molecular weight excluding hydrogens is 266 g/mol. The van der Waals surface area contributed by atoms with Gasteiger partial charge in [-0.25, -0.2) is 8.42 Å². The maximum atomic E-state index is 12.0. The summed E-state index contributed by atoms with van der Waals surface area (Å²) in [7, 11) is -3.83. The molecule has 2 N–H and O–H groups in total. The zero-order valence-corrected chi connectivity index (χ0v) is 11.0. The van der Waals surface area contributed by atoms with Crippen LogP contribution in [-0.4, -0.2) is 25.5 Å². The first-order valence-electron chi connectivity index (χ1n) is 5.64. The third-order valence-electron chi connectivity index (χ3n) is 2.73. The first-order valence-corrected chi connectivity index (χ1v) is 7.12. The lowest BCUT2D eigenvalue weighted by atomic mass is 10.1. The second kappa shape index (κ2) is 4.99. The number of sulfonamides is 1. The number of aliphatic carboxylic acids is 1. The van der Waals surface area contributed by atoms with Gasteiger partial charge in [-0.05, 0) is 29.8 Å². The SMILES string of the molecule is CC(NS(=O)(=O)c1ccc2ccccc2c1)C(=O)O. The molecule has 0 spiro atoms. The van der Waals surface area contributed by atoms with E-state index in [9.17, 15) is 13.2 Å². The molecule has 2 aromatic rings. The molecule has 0 amide bonds.